The molecule has 0 saturated carbocycles. The molecule has 0 fully saturated rings. The molecule has 0 spiro atoms. The number of aromatic nitrogens is 1. The number of amides is 3. The number of carbonyl (C=O) groups is 3. The summed E-state index contributed by atoms with van der Waals surface area (Å²) in [4.78, 5) is 36.4. The van der Waals surface area contributed by atoms with Crippen molar-refractivity contribution in [2.75, 3.05) is 12.3 Å². The van der Waals surface area contributed by atoms with Crippen molar-refractivity contribution in [2.24, 2.45) is 0 Å². The number of aryl methyl sites for hydroxylation is 2. The van der Waals surface area contributed by atoms with Crippen LogP contribution >= 0.6 is 11.8 Å². The van der Waals surface area contributed by atoms with E-state index in [0.29, 0.717) is 23.6 Å². The van der Waals surface area contributed by atoms with Crippen molar-refractivity contribution >= 4 is 29.7 Å². The number of ether oxygens (including phenoxy) is 1. The average molecular weight is 405 g/mol. The van der Waals surface area contributed by atoms with Crippen molar-refractivity contribution in [3.63, 3.8) is 0 Å². The van der Waals surface area contributed by atoms with Crippen molar-refractivity contribution in [1.82, 2.24) is 15.8 Å². The van der Waals surface area contributed by atoms with Crippen molar-refractivity contribution in [1.29, 1.82) is 0 Å². The van der Waals surface area contributed by atoms with Crippen LogP contribution in [0.25, 0.3) is 0 Å². The highest BCUT2D eigenvalue weighted by Gasteiger charge is 2.26. The van der Waals surface area contributed by atoms with E-state index in [0.717, 1.165) is 11.3 Å². The number of rotatable bonds is 8. The molecule has 2 rings (SSSR count). The third-order valence-electron chi connectivity index (χ3n) is 3.81. The van der Waals surface area contributed by atoms with E-state index in [-0.39, 0.29) is 5.75 Å². The number of thioether (sulfide) groups is 1. The monoisotopic (exact) mass is 405 g/mol. The van der Waals surface area contributed by atoms with Crippen molar-refractivity contribution < 1.29 is 23.6 Å². The van der Waals surface area contributed by atoms with Crippen molar-refractivity contribution in [3.8, 4) is 0 Å². The minimum Gasteiger partial charge on any atom is -0.447 e. The first-order valence-electron chi connectivity index (χ1n) is 8.75. The maximum Gasteiger partial charge on any atom is 0.321 e. The van der Waals surface area contributed by atoms with E-state index in [1.807, 2.05) is 13.8 Å². The second-order valence-electron chi connectivity index (χ2n) is 5.92. The molecule has 3 amide bonds. The van der Waals surface area contributed by atoms with Crippen LogP contribution in [0.3, 0.4) is 0 Å². The molecular weight excluding hydrogens is 382 g/mol. The predicted molar refractivity (Wildman–Crippen MR) is 105 cm³/mol. The Balaban J connectivity index is 1.98. The van der Waals surface area contributed by atoms with Crippen molar-refractivity contribution in [2.45, 2.75) is 32.6 Å². The zero-order valence-corrected chi connectivity index (χ0v) is 16.8. The van der Waals surface area contributed by atoms with Gasteiger partial charge in [0.05, 0.1) is 11.4 Å². The van der Waals surface area contributed by atoms with Crippen LogP contribution in [0, 0.1) is 13.8 Å². The van der Waals surface area contributed by atoms with Gasteiger partial charge in [0.1, 0.15) is 5.76 Å². The highest BCUT2D eigenvalue weighted by atomic mass is 32.2. The van der Waals surface area contributed by atoms with Crippen LogP contribution in [0.2, 0.25) is 0 Å². The zero-order chi connectivity index (χ0) is 20.5. The van der Waals surface area contributed by atoms with Gasteiger partial charge < -0.3 is 14.6 Å². The lowest BCUT2D eigenvalue weighted by molar-refractivity contribution is -0.153. The summed E-state index contributed by atoms with van der Waals surface area (Å²) in [5, 5.41) is 8.52. The molecule has 1 aromatic carbocycles. The summed E-state index contributed by atoms with van der Waals surface area (Å²) >= 11 is 1.33. The molecule has 9 heteroatoms. The highest BCUT2D eigenvalue weighted by molar-refractivity contribution is 7.99. The van der Waals surface area contributed by atoms with Gasteiger partial charge in [-0.2, -0.15) is 0 Å². The smallest absolute Gasteiger partial charge is 0.321 e. The molecule has 150 valence electrons. The van der Waals surface area contributed by atoms with Crippen LogP contribution in [0.4, 0.5) is 4.79 Å². The number of benzene rings is 1. The maximum absolute atomic E-state index is 12.4. The zero-order valence-electron chi connectivity index (χ0n) is 16.0. The van der Waals surface area contributed by atoms with E-state index in [1.165, 1.54) is 11.8 Å². The first-order valence-corrected chi connectivity index (χ1v) is 9.90. The minimum atomic E-state index is -1.21. The molecule has 2 aromatic rings. The van der Waals surface area contributed by atoms with E-state index in [1.54, 1.807) is 37.3 Å². The second kappa shape index (κ2) is 10.5. The van der Waals surface area contributed by atoms with Gasteiger partial charge in [0.2, 0.25) is 6.10 Å². The summed E-state index contributed by atoms with van der Waals surface area (Å²) in [6, 6.07) is 7.91. The minimum absolute atomic E-state index is 0.0435. The van der Waals surface area contributed by atoms with Crippen LogP contribution in [0.1, 0.15) is 35.6 Å². The molecule has 28 heavy (non-hydrogen) atoms. The number of imide groups is 1. The van der Waals surface area contributed by atoms with Gasteiger partial charge in [0.25, 0.3) is 5.91 Å². The molecule has 1 heterocycles. The van der Waals surface area contributed by atoms with Crippen LogP contribution in [0.15, 0.2) is 34.9 Å². The van der Waals surface area contributed by atoms with Gasteiger partial charge >= 0.3 is 12.0 Å². The van der Waals surface area contributed by atoms with E-state index in [4.69, 9.17) is 9.26 Å². The first kappa shape index (κ1) is 21.5. The molecule has 0 unspecified atom stereocenters. The average Bonchev–Trinajstić information content (AvgIpc) is 2.99. The molecule has 8 nitrogen and oxygen atoms in total. The van der Waals surface area contributed by atoms with E-state index in [9.17, 15) is 14.4 Å². The van der Waals surface area contributed by atoms with Gasteiger partial charge in [-0.05, 0) is 20.8 Å². The summed E-state index contributed by atoms with van der Waals surface area (Å²) in [6.07, 6.45) is -1.21. The largest absolute Gasteiger partial charge is 0.447 e. The molecule has 1 atom stereocenters. The lowest BCUT2D eigenvalue weighted by Crippen LogP contribution is -2.42. The lowest BCUT2D eigenvalue weighted by atomic mass is 10.1. The quantitative estimate of drug-likeness (QED) is 0.650. The molecule has 0 bridgehead atoms. The van der Waals surface area contributed by atoms with Crippen LogP contribution in [-0.4, -0.2) is 35.4 Å². The Kier molecular flexibility index (Phi) is 8.06. The van der Waals surface area contributed by atoms with E-state index >= 15 is 0 Å². The fraction of sp³-hybridized carbons (Fsp3) is 0.368. The summed E-state index contributed by atoms with van der Waals surface area (Å²) in [7, 11) is 0. The number of carbonyl (C=O) groups excluding carboxylic acids is 3. The number of urea groups is 1. The van der Waals surface area contributed by atoms with Crippen LogP contribution < -0.4 is 10.6 Å². The van der Waals surface area contributed by atoms with Gasteiger partial charge in [-0.3, -0.25) is 14.9 Å². The molecule has 0 saturated heterocycles. The topological polar surface area (TPSA) is 111 Å². The standard InChI is InChI=1S/C19H23N3O5S/c1-4-20-19(25)21-18(24)17(14-8-6-5-7-9-14)26-16(23)11-28-10-15-12(2)22-27-13(15)3/h5-9,17H,4,10-11H2,1-3H3,(H2,20,21,24,25)/t17-/m0/s1. The van der Waals surface area contributed by atoms with Crippen LogP contribution in [-0.2, 0) is 20.1 Å². The van der Waals surface area contributed by atoms with Gasteiger partial charge in [-0.15, -0.1) is 11.8 Å². The highest BCUT2D eigenvalue weighted by Crippen LogP contribution is 2.22. The number of nitrogens with one attached hydrogen (secondary N) is 2. The molecule has 0 aliphatic heterocycles. The number of hydrogen-bond acceptors (Lipinski definition) is 7. The van der Waals surface area contributed by atoms with Gasteiger partial charge in [0.15, 0.2) is 0 Å². The first-order chi connectivity index (χ1) is 13.4. The summed E-state index contributed by atoms with van der Waals surface area (Å²) in [5.41, 5.74) is 2.20. The molecule has 2 N–H and O–H groups in total. The SMILES string of the molecule is CCNC(=O)NC(=O)[C@@H](OC(=O)CSCc1c(C)noc1C)c1ccccc1. The predicted octanol–water partition coefficient (Wildman–Crippen LogP) is 2.65. The Labute approximate surface area is 167 Å². The third-order valence-corrected chi connectivity index (χ3v) is 4.74. The Bertz CT molecular complexity index is 803. The normalized spacial score (nSPS) is 11.5. The summed E-state index contributed by atoms with van der Waals surface area (Å²) in [5.74, 6) is 0.0267. The van der Waals surface area contributed by atoms with Gasteiger partial charge in [-0.25, -0.2) is 4.79 Å². The van der Waals surface area contributed by atoms with Gasteiger partial charge in [-0.1, -0.05) is 35.5 Å². The summed E-state index contributed by atoms with van der Waals surface area (Å²) in [6.45, 7) is 5.75. The Hall–Kier alpha value is -2.81. The van der Waals surface area contributed by atoms with Crippen molar-refractivity contribution in [3.05, 3.63) is 52.9 Å². The molecular formula is C19H23N3O5S. The molecule has 0 radical (unpaired) electrons. The van der Waals surface area contributed by atoms with E-state index in [2.05, 4.69) is 15.8 Å². The van der Waals surface area contributed by atoms with Gasteiger partial charge in [0, 0.05) is 23.4 Å². The molecule has 0 aliphatic rings. The maximum atomic E-state index is 12.4. The summed E-state index contributed by atoms with van der Waals surface area (Å²) < 4.78 is 10.5. The third kappa shape index (κ3) is 6.12. The second-order valence-corrected chi connectivity index (χ2v) is 6.91. The molecule has 0 aliphatic carbocycles. The molecule has 1 aromatic heterocycles. The number of hydrogen-bond donors (Lipinski definition) is 2. The Morgan fingerprint density at radius 3 is 2.54 bits per heavy atom. The Morgan fingerprint density at radius 1 is 1.21 bits per heavy atom. The fourth-order valence-corrected chi connectivity index (χ4v) is 3.35. The lowest BCUT2D eigenvalue weighted by Gasteiger charge is -2.17. The van der Waals surface area contributed by atoms with Crippen LogP contribution in [0.5, 0.6) is 0 Å². The fourth-order valence-electron chi connectivity index (χ4n) is 2.39. The Morgan fingerprint density at radius 2 is 1.93 bits per heavy atom. The van der Waals surface area contributed by atoms with E-state index < -0.39 is 24.0 Å². The number of esters is 1. The number of nitrogens with zero attached hydrogens (tertiary/aromatic N) is 1.